The first-order valence-corrected chi connectivity index (χ1v) is 33.0. The summed E-state index contributed by atoms with van der Waals surface area (Å²) in [6.45, 7) is 10.5. The van der Waals surface area contributed by atoms with Crippen molar-refractivity contribution in [2.24, 2.45) is 5.92 Å². The highest BCUT2D eigenvalue weighted by Crippen LogP contribution is 2.51. The number of aryl methyl sites for hydroxylation is 1. The number of halogens is 3. The predicted molar refractivity (Wildman–Crippen MR) is 360 cm³/mol. The number of aromatic hydroxyl groups is 1. The SMILES string of the molecule is COc1ccc(C(OC[C@H](COS(=O)(=O)c2ccc(C)cc2)Cc2c(Cl)c(C)c(-c3c(Br)sc4ncnc(O[C@H](Cc5cc(O)ccc5OCc5ccnc(-c6ccccc6OC)n5)C(=O)OC(C)(C)C)c34)c(C)c2Cl)(c2ccccc2)c2ccc(OC)cc2)cc1. The van der Waals surface area contributed by atoms with Crippen LogP contribution in [0.2, 0.25) is 10.0 Å². The molecule has 0 saturated carbocycles. The number of thiophene rings is 1. The molecule has 7 aromatic carbocycles. The number of fused-ring (bicyclic) bond motifs is 1. The van der Waals surface area contributed by atoms with Crippen molar-refractivity contribution < 1.29 is 55.7 Å². The van der Waals surface area contributed by atoms with Crippen LogP contribution in [0.15, 0.2) is 173 Å². The molecule has 0 aliphatic heterocycles. The summed E-state index contributed by atoms with van der Waals surface area (Å²) in [7, 11) is 0.490. The highest BCUT2D eigenvalue weighted by Gasteiger charge is 2.40. The predicted octanol–water partition coefficient (Wildman–Crippen LogP) is 16.0. The molecule has 0 radical (unpaired) electrons. The van der Waals surface area contributed by atoms with E-state index < -0.39 is 39.3 Å². The fourth-order valence-electron chi connectivity index (χ4n) is 10.9. The number of carbonyl (C=O) groups excluding carboxylic acids is 1. The Morgan fingerprint density at radius 2 is 1.33 bits per heavy atom. The molecule has 92 heavy (non-hydrogen) atoms. The lowest BCUT2D eigenvalue weighted by Crippen LogP contribution is -2.37. The molecule has 3 heterocycles. The summed E-state index contributed by atoms with van der Waals surface area (Å²) in [6, 6.07) is 45.2. The molecule has 21 heteroatoms. The van der Waals surface area contributed by atoms with Gasteiger partial charge < -0.3 is 38.3 Å². The third-order valence-electron chi connectivity index (χ3n) is 15.4. The van der Waals surface area contributed by atoms with E-state index in [4.69, 9.17) is 65.5 Å². The van der Waals surface area contributed by atoms with Gasteiger partial charge in [0.15, 0.2) is 5.82 Å². The highest BCUT2D eigenvalue weighted by molar-refractivity contribution is 9.11. The van der Waals surface area contributed by atoms with Crippen LogP contribution >= 0.6 is 50.5 Å². The van der Waals surface area contributed by atoms with Gasteiger partial charge in [0.05, 0.1) is 59.9 Å². The minimum absolute atomic E-state index is 0.00346. The monoisotopic (exact) mass is 1380 g/mol. The minimum atomic E-state index is -4.29. The van der Waals surface area contributed by atoms with E-state index in [1.165, 1.54) is 41.9 Å². The topological polar surface area (TPSA) is 197 Å². The number of methoxy groups -OCH3 is 3. The fraction of sp³-hybridized carbons (Fsp3) is 0.254. The maximum Gasteiger partial charge on any atom is 0.348 e. The highest BCUT2D eigenvalue weighted by atomic mass is 79.9. The molecule has 10 rings (SSSR count). The number of rotatable bonds is 25. The summed E-state index contributed by atoms with van der Waals surface area (Å²) in [5, 5.41) is 12.0. The van der Waals surface area contributed by atoms with Crippen LogP contribution in [0.1, 0.15) is 71.0 Å². The van der Waals surface area contributed by atoms with Crippen LogP contribution in [0.3, 0.4) is 0 Å². The zero-order chi connectivity index (χ0) is 65.5. The number of hydrogen-bond acceptors (Lipinski definition) is 17. The second-order valence-corrected chi connectivity index (χ2v) is 27.5. The Morgan fingerprint density at radius 1 is 0.696 bits per heavy atom. The van der Waals surface area contributed by atoms with Crippen LogP contribution in [0, 0.1) is 26.7 Å². The summed E-state index contributed by atoms with van der Waals surface area (Å²) >= 11 is 20.5. The van der Waals surface area contributed by atoms with Gasteiger partial charge in [0.2, 0.25) is 12.0 Å². The number of hydrogen-bond donors (Lipinski definition) is 1. The first-order chi connectivity index (χ1) is 44.1. The number of aromatic nitrogens is 4. The van der Waals surface area contributed by atoms with Gasteiger partial charge >= 0.3 is 5.97 Å². The standard InChI is InChI=1S/C71H67BrCl2N4O12S2/c1-42-19-30-54(31-20-42)92(81,82)88-39-45(38-87-71(47-15-11-10-12-16-47,48-21-26-52(83-7)27-22-48)49-23-28-53(84-8)29-24-49)35-56-63(73)43(2)60(44(3)64(56)74)61-62-67(76-41-77-68(62)91-65(61)72)89-59(69(80)90-70(4,5)6)37-46-36-51(79)25-32-57(46)86-40-50-33-34-75-66(78-50)55-17-13-14-18-58(55)85-9/h10-34,36,41,45,59,79H,35,37-40H2,1-9H3/t45-,59-/m1/s1. The van der Waals surface area contributed by atoms with Gasteiger partial charge in [-0.1, -0.05) is 108 Å². The molecule has 0 spiro atoms. The van der Waals surface area contributed by atoms with Crippen molar-refractivity contribution in [2.45, 2.75) is 83.2 Å². The van der Waals surface area contributed by atoms with Crippen molar-refractivity contribution in [3.05, 3.63) is 228 Å². The van der Waals surface area contributed by atoms with Crippen LogP contribution in [0.5, 0.6) is 34.6 Å². The molecule has 10 aromatic rings. The second kappa shape index (κ2) is 28.8. The molecular weight excluding hydrogens is 1320 g/mol. The third kappa shape index (κ3) is 14.8. The summed E-state index contributed by atoms with van der Waals surface area (Å²) in [6.07, 6.45) is 1.57. The number of ether oxygens (including phenoxy) is 7. The van der Waals surface area contributed by atoms with Crippen molar-refractivity contribution in [2.75, 3.05) is 34.5 Å². The van der Waals surface area contributed by atoms with Gasteiger partial charge in [-0.05, 0) is 176 Å². The maximum absolute atomic E-state index is 14.5. The fourth-order valence-corrected chi connectivity index (χ4v) is 14.1. The quantitative estimate of drug-likeness (QED) is 0.0322. The number of para-hydroxylation sites is 1. The number of esters is 1. The van der Waals surface area contributed by atoms with E-state index in [1.54, 1.807) is 72.6 Å². The van der Waals surface area contributed by atoms with Crippen LogP contribution in [0.25, 0.3) is 32.7 Å². The Labute approximate surface area is 557 Å². The molecular formula is C71H67BrCl2N4O12S2. The van der Waals surface area contributed by atoms with Crippen molar-refractivity contribution in [1.82, 2.24) is 19.9 Å². The van der Waals surface area contributed by atoms with Gasteiger partial charge in [-0.3, -0.25) is 4.18 Å². The normalized spacial score (nSPS) is 12.5. The van der Waals surface area contributed by atoms with Gasteiger partial charge in [0.1, 0.15) is 57.7 Å². The first kappa shape index (κ1) is 66.8. The largest absolute Gasteiger partial charge is 0.508 e. The molecule has 0 fully saturated rings. The van der Waals surface area contributed by atoms with Crippen molar-refractivity contribution >= 4 is 76.8 Å². The zero-order valence-electron chi connectivity index (χ0n) is 52.0. The van der Waals surface area contributed by atoms with Crippen molar-refractivity contribution in [3.63, 3.8) is 0 Å². The second-order valence-electron chi connectivity index (χ2n) is 22.8. The number of phenolic OH excluding ortho intramolecular Hbond substituents is 1. The van der Waals surface area contributed by atoms with E-state index >= 15 is 0 Å². The van der Waals surface area contributed by atoms with Gasteiger partial charge in [-0.25, -0.2) is 24.7 Å². The molecule has 1 N–H and O–H groups in total. The van der Waals surface area contributed by atoms with E-state index in [1.807, 2.05) is 124 Å². The molecule has 2 atom stereocenters. The molecule has 0 amide bonds. The number of benzene rings is 7. The molecule has 0 bridgehead atoms. The smallest absolute Gasteiger partial charge is 0.348 e. The van der Waals surface area contributed by atoms with E-state index in [0.717, 1.165) is 22.3 Å². The minimum Gasteiger partial charge on any atom is -0.508 e. The lowest BCUT2D eigenvalue weighted by Gasteiger charge is -2.37. The summed E-state index contributed by atoms with van der Waals surface area (Å²) < 4.78 is 78.1. The number of nitrogens with zero attached hydrogens (tertiary/aromatic N) is 4. The van der Waals surface area contributed by atoms with Crippen molar-refractivity contribution in [1.29, 1.82) is 0 Å². The van der Waals surface area contributed by atoms with E-state index in [0.29, 0.717) is 97.5 Å². The zero-order valence-corrected chi connectivity index (χ0v) is 56.7. The van der Waals surface area contributed by atoms with Crippen LogP contribution in [0.4, 0.5) is 0 Å². The number of carbonyl (C=O) groups is 1. The molecule has 0 aliphatic carbocycles. The summed E-state index contributed by atoms with van der Waals surface area (Å²) in [5.41, 5.74) is 5.64. The Balaban J connectivity index is 1.02. The molecule has 476 valence electrons. The van der Waals surface area contributed by atoms with Gasteiger partial charge in [0, 0.05) is 39.7 Å². The molecule has 0 unspecified atom stereocenters. The van der Waals surface area contributed by atoms with Crippen LogP contribution < -0.4 is 23.7 Å². The average molecular weight is 1380 g/mol. The third-order valence-corrected chi connectivity index (χ3v) is 19.5. The molecule has 0 aliphatic rings. The summed E-state index contributed by atoms with van der Waals surface area (Å²) in [4.78, 5) is 33.6. The lowest BCUT2D eigenvalue weighted by molar-refractivity contribution is -0.163. The van der Waals surface area contributed by atoms with Gasteiger partial charge in [-0.15, -0.1) is 11.3 Å². The Bertz CT molecular complexity index is 4310. The number of phenols is 1. The first-order valence-electron chi connectivity index (χ1n) is 29.3. The lowest BCUT2D eigenvalue weighted by atomic mass is 9.79. The van der Waals surface area contributed by atoms with E-state index in [9.17, 15) is 18.3 Å². The van der Waals surface area contributed by atoms with Crippen molar-refractivity contribution in [3.8, 4) is 57.1 Å². The van der Waals surface area contributed by atoms with Gasteiger partial charge in [-0.2, -0.15) is 8.42 Å². The van der Waals surface area contributed by atoms with E-state index in [2.05, 4.69) is 30.9 Å². The molecule has 0 saturated heterocycles. The maximum atomic E-state index is 14.5. The van der Waals surface area contributed by atoms with Crippen LogP contribution in [-0.2, 0) is 53.6 Å². The molecule has 3 aromatic heterocycles. The van der Waals surface area contributed by atoms with E-state index in [-0.39, 0.29) is 49.2 Å². The average Bonchev–Trinajstić information content (AvgIpc) is 1.33. The Hall–Kier alpha value is -8.14. The Kier molecular flexibility index (Phi) is 20.9. The van der Waals surface area contributed by atoms with Crippen LogP contribution in [-0.4, -0.2) is 85.7 Å². The molecule has 16 nitrogen and oxygen atoms in total. The Morgan fingerprint density at radius 3 is 1.96 bits per heavy atom. The van der Waals surface area contributed by atoms with Gasteiger partial charge in [0.25, 0.3) is 10.1 Å². The summed E-state index contributed by atoms with van der Waals surface area (Å²) in [5.74, 6) is 1.22.